The van der Waals surface area contributed by atoms with Gasteiger partial charge in [0.15, 0.2) is 0 Å². The summed E-state index contributed by atoms with van der Waals surface area (Å²) in [7, 11) is 2.13. The van der Waals surface area contributed by atoms with Crippen LogP contribution >= 0.6 is 0 Å². The molecular weight excluding hydrogens is 504 g/mol. The first-order chi connectivity index (χ1) is 19.4. The van der Waals surface area contributed by atoms with Crippen molar-refractivity contribution >= 4 is 11.7 Å². The number of nitrogens with zero attached hydrogens (tertiary/aromatic N) is 6. The second-order valence-electron chi connectivity index (χ2n) is 11.7. The standard InChI is InChI=1S/C31H38N6O3/c1-4-27(38)37-17-16-36(19-22(37)12-14-32)28-25-11-13-31(18-21(2)24-9-5-6-10-26(24)31)40-29(25)34-30(33-28)39-20-23-8-7-15-35(23)3/h4-6,9-10,21-23H,1,7-8,11-13,15-20H2,2-3H3/t21?,22-,23-,31?/m0/s1. The molecule has 9 nitrogen and oxygen atoms in total. The van der Waals surface area contributed by atoms with E-state index in [1.165, 1.54) is 17.2 Å². The molecule has 4 heterocycles. The number of amides is 1. The summed E-state index contributed by atoms with van der Waals surface area (Å²) in [4.78, 5) is 28.5. The minimum absolute atomic E-state index is 0.145. The number of aromatic nitrogens is 2. The van der Waals surface area contributed by atoms with Crippen LogP contribution in [0.25, 0.3) is 0 Å². The van der Waals surface area contributed by atoms with Crippen molar-refractivity contribution in [1.29, 1.82) is 5.26 Å². The lowest BCUT2D eigenvalue weighted by Gasteiger charge is -2.42. The predicted octanol–water partition coefficient (Wildman–Crippen LogP) is 3.79. The molecule has 3 aliphatic heterocycles. The molecule has 6 rings (SSSR count). The second kappa shape index (κ2) is 10.7. The average Bonchev–Trinajstić information content (AvgIpc) is 3.50. The molecule has 2 unspecified atom stereocenters. The Hall–Kier alpha value is -3.64. The van der Waals surface area contributed by atoms with Crippen molar-refractivity contribution in [2.45, 2.75) is 69.1 Å². The summed E-state index contributed by atoms with van der Waals surface area (Å²) < 4.78 is 13.1. The summed E-state index contributed by atoms with van der Waals surface area (Å²) in [6.07, 6.45) is 6.38. The number of carbonyl (C=O) groups excluding carboxylic acids is 1. The molecule has 40 heavy (non-hydrogen) atoms. The van der Waals surface area contributed by atoms with Crippen molar-refractivity contribution < 1.29 is 14.3 Å². The molecule has 4 atom stereocenters. The Bertz CT molecular complexity index is 1340. The van der Waals surface area contributed by atoms with E-state index < -0.39 is 5.60 Å². The molecule has 0 radical (unpaired) electrons. The molecule has 2 aromatic rings. The molecule has 0 saturated carbocycles. The van der Waals surface area contributed by atoms with Gasteiger partial charge in [-0.25, -0.2) is 0 Å². The van der Waals surface area contributed by atoms with E-state index in [1.807, 2.05) is 0 Å². The Morgan fingerprint density at radius 2 is 2.12 bits per heavy atom. The fourth-order valence-corrected chi connectivity index (χ4v) is 7.11. The van der Waals surface area contributed by atoms with Crippen molar-refractivity contribution in [2.75, 3.05) is 44.7 Å². The SMILES string of the molecule is C=CC(=O)N1CCN(c2nc(OC[C@@H]3CCCN3C)nc3c2CCC2(CC(C)c4ccccc42)O3)C[C@@H]1CC#N. The number of likely N-dealkylation sites (tertiary alicyclic amines) is 1. The number of benzene rings is 1. The van der Waals surface area contributed by atoms with Gasteiger partial charge in [-0.15, -0.1) is 0 Å². The van der Waals surface area contributed by atoms with Gasteiger partial charge in [0, 0.05) is 25.7 Å². The number of hydrogen-bond acceptors (Lipinski definition) is 8. The number of ether oxygens (including phenoxy) is 2. The van der Waals surface area contributed by atoms with E-state index in [2.05, 4.69) is 60.7 Å². The number of likely N-dealkylation sites (N-methyl/N-ethyl adjacent to an activating group) is 1. The van der Waals surface area contributed by atoms with Gasteiger partial charge in [0.25, 0.3) is 0 Å². The molecule has 1 aliphatic carbocycles. The summed E-state index contributed by atoms with van der Waals surface area (Å²) in [6.45, 7) is 9.11. The Balaban J connectivity index is 1.34. The summed E-state index contributed by atoms with van der Waals surface area (Å²) in [5.74, 6) is 1.66. The van der Waals surface area contributed by atoms with Crippen molar-refractivity contribution in [2.24, 2.45) is 0 Å². The highest BCUT2D eigenvalue weighted by atomic mass is 16.5. The largest absolute Gasteiger partial charge is 0.466 e. The van der Waals surface area contributed by atoms with E-state index >= 15 is 0 Å². The molecule has 1 aromatic heterocycles. The van der Waals surface area contributed by atoms with Crippen LogP contribution in [0.1, 0.15) is 61.6 Å². The maximum atomic E-state index is 12.5. The number of fused-ring (bicyclic) bond motifs is 3. The molecule has 210 valence electrons. The zero-order valence-electron chi connectivity index (χ0n) is 23.5. The van der Waals surface area contributed by atoms with Crippen LogP contribution in [0, 0.1) is 11.3 Å². The van der Waals surface area contributed by atoms with E-state index in [1.54, 1.807) is 4.90 Å². The topological polar surface area (TPSA) is 94.8 Å². The van der Waals surface area contributed by atoms with E-state index in [9.17, 15) is 10.1 Å². The van der Waals surface area contributed by atoms with E-state index in [0.717, 1.165) is 50.0 Å². The van der Waals surface area contributed by atoms with Gasteiger partial charge in [0.05, 0.1) is 24.1 Å². The lowest BCUT2D eigenvalue weighted by molar-refractivity contribution is -0.128. The molecule has 9 heteroatoms. The highest BCUT2D eigenvalue weighted by Crippen LogP contribution is 2.52. The van der Waals surface area contributed by atoms with Crippen molar-refractivity contribution in [1.82, 2.24) is 19.8 Å². The fraction of sp³-hybridized carbons (Fsp3) is 0.548. The highest BCUT2D eigenvalue weighted by Gasteiger charge is 2.48. The summed E-state index contributed by atoms with van der Waals surface area (Å²) in [6, 6.07) is 11.3. The first-order valence-electron chi connectivity index (χ1n) is 14.5. The molecule has 0 N–H and O–H groups in total. The van der Waals surface area contributed by atoms with Gasteiger partial charge in [-0.1, -0.05) is 37.8 Å². The molecule has 1 aromatic carbocycles. The first kappa shape index (κ1) is 26.6. The van der Waals surface area contributed by atoms with Gasteiger partial charge >= 0.3 is 6.01 Å². The number of hydrogen-bond donors (Lipinski definition) is 0. The second-order valence-corrected chi connectivity index (χ2v) is 11.7. The monoisotopic (exact) mass is 542 g/mol. The van der Waals surface area contributed by atoms with Gasteiger partial charge in [0.1, 0.15) is 18.0 Å². The van der Waals surface area contributed by atoms with Crippen LogP contribution < -0.4 is 14.4 Å². The smallest absolute Gasteiger partial charge is 0.321 e. The lowest BCUT2D eigenvalue weighted by atomic mass is 9.86. The summed E-state index contributed by atoms with van der Waals surface area (Å²) >= 11 is 0. The van der Waals surface area contributed by atoms with Crippen LogP contribution in [-0.4, -0.2) is 77.6 Å². The van der Waals surface area contributed by atoms with Crippen molar-refractivity contribution in [3.8, 4) is 18.0 Å². The van der Waals surface area contributed by atoms with Gasteiger partial charge in [-0.3, -0.25) is 4.79 Å². The normalized spacial score (nSPS) is 27.6. The van der Waals surface area contributed by atoms with Crippen LogP contribution in [-0.2, 0) is 16.8 Å². The minimum atomic E-state index is -0.407. The average molecular weight is 543 g/mol. The number of rotatable bonds is 6. The lowest BCUT2D eigenvalue weighted by Crippen LogP contribution is -2.55. The minimum Gasteiger partial charge on any atom is -0.466 e. The summed E-state index contributed by atoms with van der Waals surface area (Å²) in [5.41, 5.74) is 3.18. The third-order valence-corrected chi connectivity index (χ3v) is 9.26. The van der Waals surface area contributed by atoms with E-state index in [-0.39, 0.29) is 18.4 Å². The number of anilines is 1. The van der Waals surface area contributed by atoms with Crippen LogP contribution in [0.2, 0.25) is 0 Å². The van der Waals surface area contributed by atoms with E-state index in [0.29, 0.717) is 50.1 Å². The molecule has 1 amide bonds. The number of piperazine rings is 1. The molecular formula is C31H38N6O3. The first-order valence-corrected chi connectivity index (χ1v) is 14.5. The van der Waals surface area contributed by atoms with Crippen LogP contribution in [0.5, 0.6) is 11.9 Å². The zero-order chi connectivity index (χ0) is 27.9. The Kier molecular flexibility index (Phi) is 7.13. The Labute approximate surface area is 236 Å². The molecule has 2 fully saturated rings. The highest BCUT2D eigenvalue weighted by molar-refractivity contribution is 5.87. The molecule has 1 spiro atoms. The maximum absolute atomic E-state index is 12.5. The number of nitriles is 1. The summed E-state index contributed by atoms with van der Waals surface area (Å²) in [5, 5.41) is 9.50. The maximum Gasteiger partial charge on any atom is 0.321 e. The molecule has 4 aliphatic rings. The van der Waals surface area contributed by atoms with Gasteiger partial charge in [-0.05, 0) is 68.8 Å². The Morgan fingerprint density at radius 3 is 2.90 bits per heavy atom. The van der Waals surface area contributed by atoms with Gasteiger partial charge in [0.2, 0.25) is 11.8 Å². The van der Waals surface area contributed by atoms with Crippen molar-refractivity contribution in [3.63, 3.8) is 0 Å². The van der Waals surface area contributed by atoms with Crippen LogP contribution in [0.15, 0.2) is 36.9 Å². The number of carbonyl (C=O) groups is 1. The third-order valence-electron chi connectivity index (χ3n) is 9.26. The van der Waals surface area contributed by atoms with Crippen molar-refractivity contribution in [3.05, 3.63) is 53.6 Å². The molecule has 2 saturated heterocycles. The quantitative estimate of drug-likeness (QED) is 0.509. The third kappa shape index (κ3) is 4.68. The Morgan fingerprint density at radius 1 is 1.27 bits per heavy atom. The van der Waals surface area contributed by atoms with Gasteiger partial charge < -0.3 is 24.2 Å². The van der Waals surface area contributed by atoms with Gasteiger partial charge in [-0.2, -0.15) is 15.2 Å². The van der Waals surface area contributed by atoms with Crippen LogP contribution in [0.3, 0.4) is 0 Å². The van der Waals surface area contributed by atoms with Crippen LogP contribution in [0.4, 0.5) is 5.82 Å². The fourth-order valence-electron chi connectivity index (χ4n) is 7.11. The zero-order valence-corrected chi connectivity index (χ0v) is 23.5. The molecule has 0 bridgehead atoms. The predicted molar refractivity (Wildman–Crippen MR) is 151 cm³/mol. The van der Waals surface area contributed by atoms with E-state index in [4.69, 9.17) is 19.4 Å².